The highest BCUT2D eigenvalue weighted by molar-refractivity contribution is 5.72. The van der Waals surface area contributed by atoms with E-state index in [-0.39, 0.29) is 5.91 Å². The quantitative estimate of drug-likeness (QED) is 0.682. The Morgan fingerprint density at radius 1 is 1.29 bits per heavy atom. The van der Waals surface area contributed by atoms with Gasteiger partial charge in [0.15, 0.2) is 0 Å². The van der Waals surface area contributed by atoms with Crippen LogP contribution in [0, 0.1) is 0 Å². The van der Waals surface area contributed by atoms with Crippen molar-refractivity contribution in [2.45, 2.75) is 65.5 Å². The minimum absolute atomic E-state index is 0.0951. The Bertz CT molecular complexity index is 431. The number of nitrogens with zero attached hydrogens (tertiary/aromatic N) is 1. The molecule has 1 unspecified atom stereocenters. The molecule has 118 valence electrons. The summed E-state index contributed by atoms with van der Waals surface area (Å²) >= 11 is 0. The van der Waals surface area contributed by atoms with E-state index in [0.717, 1.165) is 11.3 Å². The number of amides is 1. The maximum atomic E-state index is 11.3. The Balaban J connectivity index is 2.46. The van der Waals surface area contributed by atoms with E-state index in [2.05, 4.69) is 43.4 Å². The van der Waals surface area contributed by atoms with E-state index in [1.165, 1.54) is 32.1 Å². The predicted octanol–water partition coefficient (Wildman–Crippen LogP) is 4.44. The number of anilines is 1. The van der Waals surface area contributed by atoms with E-state index in [1.807, 2.05) is 7.05 Å². The first-order valence-electron chi connectivity index (χ1n) is 8.10. The molecule has 1 aromatic carbocycles. The lowest BCUT2D eigenvalue weighted by molar-refractivity contribution is -0.128. The minimum Gasteiger partial charge on any atom is -0.383 e. The molecular weight excluding hydrogens is 260 g/mol. The molecule has 1 aromatic rings. The summed E-state index contributed by atoms with van der Waals surface area (Å²) in [6.45, 7) is 6.74. The molecule has 0 saturated heterocycles. The number of rotatable bonds is 9. The predicted molar refractivity (Wildman–Crippen MR) is 90.4 cm³/mol. The largest absolute Gasteiger partial charge is 0.383 e. The SMILES string of the molecule is CCCCCCC(C)Nc1cccc(CN(C)C(C)=O)c1. The van der Waals surface area contributed by atoms with Crippen molar-refractivity contribution in [3.63, 3.8) is 0 Å². The Kier molecular flexibility index (Phi) is 7.88. The molecule has 0 aromatic heterocycles. The summed E-state index contributed by atoms with van der Waals surface area (Å²) in [6.07, 6.45) is 6.44. The second kappa shape index (κ2) is 9.43. The summed E-state index contributed by atoms with van der Waals surface area (Å²) in [7, 11) is 1.83. The van der Waals surface area contributed by atoms with Crippen LogP contribution >= 0.6 is 0 Å². The van der Waals surface area contributed by atoms with Gasteiger partial charge in [-0.3, -0.25) is 4.79 Å². The van der Waals surface area contributed by atoms with Crippen LogP contribution in [0.1, 0.15) is 58.4 Å². The number of unbranched alkanes of at least 4 members (excludes halogenated alkanes) is 3. The molecule has 0 aliphatic heterocycles. The normalized spacial score (nSPS) is 12.0. The smallest absolute Gasteiger partial charge is 0.219 e. The number of carbonyl (C=O) groups excluding carboxylic acids is 1. The van der Waals surface area contributed by atoms with Crippen molar-refractivity contribution in [3.05, 3.63) is 29.8 Å². The van der Waals surface area contributed by atoms with Gasteiger partial charge in [0.25, 0.3) is 0 Å². The van der Waals surface area contributed by atoms with Gasteiger partial charge in [0, 0.05) is 32.2 Å². The summed E-state index contributed by atoms with van der Waals surface area (Å²) in [5.74, 6) is 0.0951. The Morgan fingerprint density at radius 3 is 2.71 bits per heavy atom. The molecule has 3 nitrogen and oxygen atoms in total. The maximum Gasteiger partial charge on any atom is 0.219 e. The summed E-state index contributed by atoms with van der Waals surface area (Å²) in [5, 5.41) is 3.56. The molecule has 0 spiro atoms. The summed E-state index contributed by atoms with van der Waals surface area (Å²) in [6, 6.07) is 8.84. The van der Waals surface area contributed by atoms with E-state index in [1.54, 1.807) is 11.8 Å². The average molecular weight is 290 g/mol. The molecule has 1 rings (SSSR count). The van der Waals surface area contributed by atoms with Crippen LogP contribution in [0.15, 0.2) is 24.3 Å². The van der Waals surface area contributed by atoms with Crippen LogP contribution in [0.4, 0.5) is 5.69 Å². The number of hydrogen-bond acceptors (Lipinski definition) is 2. The van der Waals surface area contributed by atoms with Crippen molar-refractivity contribution >= 4 is 11.6 Å². The number of benzene rings is 1. The van der Waals surface area contributed by atoms with E-state index in [0.29, 0.717) is 12.6 Å². The second-order valence-corrected chi connectivity index (χ2v) is 5.97. The van der Waals surface area contributed by atoms with Crippen LogP contribution in [0.2, 0.25) is 0 Å². The van der Waals surface area contributed by atoms with Crippen molar-refractivity contribution in [2.75, 3.05) is 12.4 Å². The highest BCUT2D eigenvalue weighted by Gasteiger charge is 2.05. The third-order valence-corrected chi connectivity index (χ3v) is 3.79. The zero-order valence-corrected chi connectivity index (χ0v) is 14.0. The highest BCUT2D eigenvalue weighted by atomic mass is 16.2. The van der Waals surface area contributed by atoms with Crippen molar-refractivity contribution in [1.82, 2.24) is 4.90 Å². The van der Waals surface area contributed by atoms with Crippen LogP contribution < -0.4 is 5.32 Å². The fraction of sp³-hybridized carbons (Fsp3) is 0.611. The molecule has 1 N–H and O–H groups in total. The molecule has 1 amide bonds. The Morgan fingerprint density at radius 2 is 2.05 bits per heavy atom. The second-order valence-electron chi connectivity index (χ2n) is 5.97. The van der Waals surface area contributed by atoms with Gasteiger partial charge >= 0.3 is 0 Å². The van der Waals surface area contributed by atoms with E-state index >= 15 is 0 Å². The standard InChI is InChI=1S/C18H30N2O/c1-5-6-7-8-10-15(2)19-18-12-9-11-17(13-18)14-20(4)16(3)21/h9,11-13,15,19H,5-8,10,14H2,1-4H3. The van der Waals surface area contributed by atoms with Crippen LogP contribution in [0.3, 0.4) is 0 Å². The van der Waals surface area contributed by atoms with Crippen molar-refractivity contribution in [3.8, 4) is 0 Å². The number of nitrogens with one attached hydrogen (secondary N) is 1. The summed E-state index contributed by atoms with van der Waals surface area (Å²) < 4.78 is 0. The van der Waals surface area contributed by atoms with Crippen molar-refractivity contribution in [2.24, 2.45) is 0 Å². The van der Waals surface area contributed by atoms with Gasteiger partial charge in [-0.15, -0.1) is 0 Å². The Labute approximate surface area is 129 Å². The van der Waals surface area contributed by atoms with Gasteiger partial charge in [-0.2, -0.15) is 0 Å². The van der Waals surface area contributed by atoms with Crippen LogP contribution in [0.25, 0.3) is 0 Å². The monoisotopic (exact) mass is 290 g/mol. The maximum absolute atomic E-state index is 11.3. The fourth-order valence-electron chi connectivity index (χ4n) is 2.38. The first-order chi connectivity index (χ1) is 10.0. The van der Waals surface area contributed by atoms with Gasteiger partial charge in [-0.1, -0.05) is 44.7 Å². The average Bonchev–Trinajstić information content (AvgIpc) is 2.44. The molecular formula is C18H30N2O. The molecule has 0 aliphatic rings. The highest BCUT2D eigenvalue weighted by Crippen LogP contribution is 2.15. The van der Waals surface area contributed by atoms with Gasteiger partial charge in [-0.05, 0) is 31.0 Å². The molecule has 1 atom stereocenters. The number of carbonyl (C=O) groups is 1. The topological polar surface area (TPSA) is 32.3 Å². The van der Waals surface area contributed by atoms with Crippen LogP contribution in [-0.4, -0.2) is 23.9 Å². The zero-order valence-electron chi connectivity index (χ0n) is 14.0. The first kappa shape index (κ1) is 17.5. The van der Waals surface area contributed by atoms with Crippen molar-refractivity contribution in [1.29, 1.82) is 0 Å². The summed E-state index contributed by atoms with van der Waals surface area (Å²) in [5.41, 5.74) is 2.31. The van der Waals surface area contributed by atoms with Crippen LogP contribution in [-0.2, 0) is 11.3 Å². The first-order valence-corrected chi connectivity index (χ1v) is 8.10. The van der Waals surface area contributed by atoms with Gasteiger partial charge in [0.2, 0.25) is 5.91 Å². The number of hydrogen-bond donors (Lipinski definition) is 1. The molecule has 0 saturated carbocycles. The third kappa shape index (κ3) is 7.16. The summed E-state index contributed by atoms with van der Waals surface area (Å²) in [4.78, 5) is 13.0. The van der Waals surface area contributed by atoms with Gasteiger partial charge in [0.1, 0.15) is 0 Å². The van der Waals surface area contributed by atoms with E-state index in [9.17, 15) is 4.79 Å². The third-order valence-electron chi connectivity index (χ3n) is 3.79. The van der Waals surface area contributed by atoms with Gasteiger partial charge in [-0.25, -0.2) is 0 Å². The molecule has 0 heterocycles. The van der Waals surface area contributed by atoms with E-state index < -0.39 is 0 Å². The van der Waals surface area contributed by atoms with Crippen molar-refractivity contribution < 1.29 is 4.79 Å². The molecule has 3 heteroatoms. The van der Waals surface area contributed by atoms with Crippen LogP contribution in [0.5, 0.6) is 0 Å². The molecule has 0 fully saturated rings. The van der Waals surface area contributed by atoms with E-state index in [4.69, 9.17) is 0 Å². The molecule has 0 radical (unpaired) electrons. The van der Waals surface area contributed by atoms with Gasteiger partial charge < -0.3 is 10.2 Å². The lowest BCUT2D eigenvalue weighted by atomic mass is 10.1. The zero-order chi connectivity index (χ0) is 15.7. The molecule has 0 bridgehead atoms. The minimum atomic E-state index is 0.0951. The van der Waals surface area contributed by atoms with Gasteiger partial charge in [0.05, 0.1) is 0 Å². The molecule has 0 aliphatic carbocycles. The lowest BCUT2D eigenvalue weighted by Crippen LogP contribution is -2.23. The fourth-order valence-corrected chi connectivity index (χ4v) is 2.38. The Hall–Kier alpha value is -1.51. The lowest BCUT2D eigenvalue weighted by Gasteiger charge is -2.18. The molecule has 21 heavy (non-hydrogen) atoms.